The first-order chi connectivity index (χ1) is 14.1. The number of carbonyl (C=O) groups excluding carboxylic acids is 2. The summed E-state index contributed by atoms with van der Waals surface area (Å²) in [4.78, 5) is 30.6. The zero-order chi connectivity index (χ0) is 20.6. The predicted molar refractivity (Wildman–Crippen MR) is 115 cm³/mol. The Kier molecular flexibility index (Phi) is 7.11. The summed E-state index contributed by atoms with van der Waals surface area (Å²) < 4.78 is 5.45. The van der Waals surface area contributed by atoms with Gasteiger partial charge < -0.3 is 19.4 Å². The van der Waals surface area contributed by atoms with Gasteiger partial charge in [0.15, 0.2) is 0 Å². The maximum atomic E-state index is 12.7. The lowest BCUT2D eigenvalue weighted by Crippen LogP contribution is -2.49. The molecule has 6 heteroatoms. The number of amides is 2. The van der Waals surface area contributed by atoms with E-state index in [1.54, 1.807) is 4.90 Å². The van der Waals surface area contributed by atoms with Gasteiger partial charge in [-0.3, -0.25) is 9.59 Å². The number of nitrogens with zero attached hydrogens (tertiary/aromatic N) is 3. The van der Waals surface area contributed by atoms with E-state index in [9.17, 15) is 9.59 Å². The Morgan fingerprint density at radius 2 is 1.62 bits per heavy atom. The molecule has 1 fully saturated rings. The SMILES string of the molecule is CCOc1ccc(N(CCC(=O)N2CCN(c3ccccc3)CC2)C(C)=O)cc1. The molecule has 1 saturated heterocycles. The smallest absolute Gasteiger partial charge is 0.224 e. The zero-order valence-corrected chi connectivity index (χ0v) is 17.2. The lowest BCUT2D eigenvalue weighted by atomic mass is 10.2. The topological polar surface area (TPSA) is 53.1 Å². The maximum Gasteiger partial charge on any atom is 0.224 e. The Hall–Kier alpha value is -3.02. The van der Waals surface area contributed by atoms with E-state index >= 15 is 0 Å². The molecule has 2 aromatic rings. The van der Waals surface area contributed by atoms with Gasteiger partial charge in [-0.05, 0) is 43.3 Å². The largest absolute Gasteiger partial charge is 0.494 e. The molecule has 3 rings (SSSR count). The Balaban J connectivity index is 1.52. The average Bonchev–Trinajstić information content (AvgIpc) is 2.75. The Bertz CT molecular complexity index is 800. The minimum atomic E-state index is -0.0733. The van der Waals surface area contributed by atoms with Crippen LogP contribution in [0.5, 0.6) is 5.75 Å². The van der Waals surface area contributed by atoms with Gasteiger partial charge in [-0.2, -0.15) is 0 Å². The Morgan fingerprint density at radius 1 is 0.966 bits per heavy atom. The molecule has 29 heavy (non-hydrogen) atoms. The van der Waals surface area contributed by atoms with Crippen LogP contribution >= 0.6 is 0 Å². The van der Waals surface area contributed by atoms with Gasteiger partial charge in [-0.1, -0.05) is 18.2 Å². The van der Waals surface area contributed by atoms with Crippen LogP contribution in [-0.2, 0) is 9.59 Å². The van der Waals surface area contributed by atoms with Gasteiger partial charge in [0.25, 0.3) is 0 Å². The number of benzene rings is 2. The minimum Gasteiger partial charge on any atom is -0.494 e. The third-order valence-electron chi connectivity index (χ3n) is 5.14. The molecule has 6 nitrogen and oxygen atoms in total. The van der Waals surface area contributed by atoms with Crippen molar-refractivity contribution in [1.29, 1.82) is 0 Å². The van der Waals surface area contributed by atoms with Gasteiger partial charge in [0.2, 0.25) is 11.8 Å². The molecule has 0 unspecified atom stereocenters. The number of anilines is 2. The molecule has 1 aliphatic heterocycles. The molecule has 2 amide bonds. The van der Waals surface area contributed by atoms with E-state index in [1.807, 2.05) is 54.3 Å². The van der Waals surface area contributed by atoms with Crippen molar-refractivity contribution < 1.29 is 14.3 Å². The third kappa shape index (κ3) is 5.50. The number of rotatable bonds is 7. The van der Waals surface area contributed by atoms with Gasteiger partial charge in [-0.15, -0.1) is 0 Å². The highest BCUT2D eigenvalue weighted by Gasteiger charge is 2.22. The lowest BCUT2D eigenvalue weighted by molar-refractivity contribution is -0.131. The van der Waals surface area contributed by atoms with Gasteiger partial charge >= 0.3 is 0 Å². The van der Waals surface area contributed by atoms with Gasteiger partial charge in [0, 0.05) is 57.4 Å². The van der Waals surface area contributed by atoms with Crippen molar-refractivity contribution in [3.63, 3.8) is 0 Å². The molecule has 154 valence electrons. The molecule has 0 spiro atoms. The summed E-state index contributed by atoms with van der Waals surface area (Å²) in [6, 6.07) is 17.7. The van der Waals surface area contributed by atoms with Gasteiger partial charge in [0.1, 0.15) is 5.75 Å². The van der Waals surface area contributed by atoms with E-state index in [-0.39, 0.29) is 11.8 Å². The first-order valence-corrected chi connectivity index (χ1v) is 10.2. The first kappa shape index (κ1) is 20.7. The van der Waals surface area contributed by atoms with E-state index in [0.717, 1.165) is 24.5 Å². The van der Waals surface area contributed by atoms with E-state index in [4.69, 9.17) is 4.74 Å². The summed E-state index contributed by atoms with van der Waals surface area (Å²) in [5.74, 6) is 0.790. The third-order valence-corrected chi connectivity index (χ3v) is 5.14. The second-order valence-electron chi connectivity index (χ2n) is 7.05. The molecule has 0 N–H and O–H groups in total. The summed E-state index contributed by atoms with van der Waals surface area (Å²) >= 11 is 0. The summed E-state index contributed by atoms with van der Waals surface area (Å²) in [5, 5.41) is 0. The van der Waals surface area contributed by atoms with Crippen molar-refractivity contribution >= 4 is 23.2 Å². The highest BCUT2D eigenvalue weighted by Crippen LogP contribution is 2.21. The van der Waals surface area contributed by atoms with Crippen LogP contribution in [0.3, 0.4) is 0 Å². The minimum absolute atomic E-state index is 0.0733. The summed E-state index contributed by atoms with van der Waals surface area (Å²) in [6.45, 7) is 7.49. The molecular formula is C23H29N3O3. The molecular weight excluding hydrogens is 366 g/mol. The molecule has 0 radical (unpaired) electrons. The van der Waals surface area contributed by atoms with Gasteiger partial charge in [0.05, 0.1) is 6.61 Å². The summed E-state index contributed by atoms with van der Waals surface area (Å²) in [5.41, 5.74) is 1.97. The molecule has 0 bridgehead atoms. The van der Waals surface area contributed by atoms with Crippen molar-refractivity contribution in [1.82, 2.24) is 4.90 Å². The van der Waals surface area contributed by atoms with Crippen LogP contribution in [0.4, 0.5) is 11.4 Å². The van der Waals surface area contributed by atoms with Crippen LogP contribution < -0.4 is 14.5 Å². The van der Waals surface area contributed by atoms with E-state index in [2.05, 4.69) is 17.0 Å². The zero-order valence-electron chi connectivity index (χ0n) is 17.2. The van der Waals surface area contributed by atoms with Crippen LogP contribution in [0.1, 0.15) is 20.3 Å². The number of hydrogen-bond acceptors (Lipinski definition) is 4. The molecule has 0 saturated carbocycles. The quantitative estimate of drug-likeness (QED) is 0.723. The van der Waals surface area contributed by atoms with Crippen molar-refractivity contribution in [3.05, 3.63) is 54.6 Å². The highest BCUT2D eigenvalue weighted by molar-refractivity contribution is 5.92. The normalized spacial score (nSPS) is 13.9. The van der Waals surface area contributed by atoms with Crippen LogP contribution in [-0.4, -0.2) is 56.0 Å². The number of ether oxygens (including phenoxy) is 1. The second-order valence-corrected chi connectivity index (χ2v) is 7.05. The highest BCUT2D eigenvalue weighted by atomic mass is 16.5. The van der Waals surface area contributed by atoms with Crippen LogP contribution in [0.2, 0.25) is 0 Å². The van der Waals surface area contributed by atoms with E-state index in [1.165, 1.54) is 12.6 Å². The number of para-hydroxylation sites is 1. The van der Waals surface area contributed by atoms with Crippen molar-refractivity contribution in [3.8, 4) is 5.75 Å². The molecule has 1 heterocycles. The fourth-order valence-corrected chi connectivity index (χ4v) is 3.58. The Labute approximate surface area is 172 Å². The molecule has 1 aliphatic rings. The molecule has 2 aromatic carbocycles. The number of hydrogen-bond donors (Lipinski definition) is 0. The monoisotopic (exact) mass is 395 g/mol. The summed E-state index contributed by atoms with van der Waals surface area (Å²) in [7, 11) is 0. The fourth-order valence-electron chi connectivity index (χ4n) is 3.58. The van der Waals surface area contributed by atoms with Crippen molar-refractivity contribution in [2.24, 2.45) is 0 Å². The van der Waals surface area contributed by atoms with E-state index in [0.29, 0.717) is 32.7 Å². The van der Waals surface area contributed by atoms with Crippen molar-refractivity contribution in [2.75, 3.05) is 49.1 Å². The molecule has 0 aliphatic carbocycles. The van der Waals surface area contributed by atoms with Gasteiger partial charge in [-0.25, -0.2) is 0 Å². The molecule has 0 atom stereocenters. The fraction of sp³-hybridized carbons (Fsp3) is 0.391. The molecule has 0 aromatic heterocycles. The Morgan fingerprint density at radius 3 is 2.21 bits per heavy atom. The number of piperazine rings is 1. The number of carbonyl (C=O) groups is 2. The van der Waals surface area contributed by atoms with Crippen LogP contribution in [0.25, 0.3) is 0 Å². The standard InChI is InChI=1S/C23H29N3O3/c1-3-29-22-11-9-21(10-12-22)26(19(2)27)14-13-23(28)25-17-15-24(16-18-25)20-7-5-4-6-8-20/h4-12H,3,13-18H2,1-2H3. The van der Waals surface area contributed by atoms with Crippen LogP contribution in [0, 0.1) is 0 Å². The maximum absolute atomic E-state index is 12.7. The second kappa shape index (κ2) is 9.96. The summed E-state index contributed by atoms with van der Waals surface area (Å²) in [6.07, 6.45) is 0.318. The lowest BCUT2D eigenvalue weighted by Gasteiger charge is -2.36. The first-order valence-electron chi connectivity index (χ1n) is 10.2. The van der Waals surface area contributed by atoms with Crippen molar-refractivity contribution in [2.45, 2.75) is 20.3 Å². The van der Waals surface area contributed by atoms with E-state index < -0.39 is 0 Å². The predicted octanol–water partition coefficient (Wildman–Crippen LogP) is 3.18. The van der Waals surface area contributed by atoms with Crippen LogP contribution in [0.15, 0.2) is 54.6 Å². The average molecular weight is 396 g/mol.